The molecule has 0 heterocycles. The van der Waals surface area contributed by atoms with E-state index in [4.69, 9.17) is 9.47 Å². The van der Waals surface area contributed by atoms with Crippen molar-refractivity contribution in [2.75, 3.05) is 13.2 Å². The summed E-state index contributed by atoms with van der Waals surface area (Å²) in [4.78, 5) is 0. The topological polar surface area (TPSA) is 38.7 Å². The van der Waals surface area contributed by atoms with Gasteiger partial charge in [0.15, 0.2) is 0 Å². The van der Waals surface area contributed by atoms with Crippen LogP contribution in [0.15, 0.2) is 134 Å². The van der Waals surface area contributed by atoms with E-state index in [2.05, 4.69) is 43.0 Å². The molecule has 196 valence electrons. The van der Waals surface area contributed by atoms with Gasteiger partial charge in [-0.25, -0.2) is 0 Å². The summed E-state index contributed by atoms with van der Waals surface area (Å²) in [6.07, 6.45) is 3.30. The van der Waals surface area contributed by atoms with Crippen LogP contribution in [0.5, 0.6) is 0 Å². The van der Waals surface area contributed by atoms with Crippen LogP contribution in [0, 0.1) is 0 Å². The molecule has 0 fully saturated rings. The van der Waals surface area contributed by atoms with Crippen molar-refractivity contribution in [2.45, 2.75) is 43.5 Å². The van der Waals surface area contributed by atoms with Crippen LogP contribution < -0.4 is 0 Å². The number of hydrogen-bond donors (Lipinski definition) is 1. The molecule has 0 aliphatic rings. The van der Waals surface area contributed by atoms with Crippen LogP contribution in [0.3, 0.4) is 0 Å². The number of ether oxygens (including phenoxy) is 2. The summed E-state index contributed by atoms with van der Waals surface area (Å²) in [5.74, 6) is 0. The standard InChI is InChI=1S/C35H38O3/c1-2-3-4-17-26-38-33(28-37-27-29-18-9-5-10-19-29)34(36)35(30-20-11-6-12-21-30,31-22-13-7-14-23-31)32-24-15-8-16-25-32/h2,5-16,18-25,33-34,36H,1,3-4,17,26-28H2/t33-,34?/m0/s1. The molecule has 0 aliphatic heterocycles. The Kier molecular flexibility index (Phi) is 10.5. The molecule has 0 amide bonds. The number of allylic oxidation sites excluding steroid dienone is 1. The third-order valence-corrected chi connectivity index (χ3v) is 7.01. The van der Waals surface area contributed by atoms with E-state index >= 15 is 0 Å². The Morgan fingerprint density at radius 2 is 1.16 bits per heavy atom. The highest BCUT2D eigenvalue weighted by atomic mass is 16.5. The molecule has 0 saturated heterocycles. The molecule has 1 unspecified atom stereocenters. The molecule has 0 saturated carbocycles. The molecule has 0 bridgehead atoms. The lowest BCUT2D eigenvalue weighted by molar-refractivity contribution is -0.0973. The second kappa shape index (κ2) is 14.4. The fourth-order valence-corrected chi connectivity index (χ4v) is 5.12. The van der Waals surface area contributed by atoms with Gasteiger partial charge >= 0.3 is 0 Å². The highest BCUT2D eigenvalue weighted by Gasteiger charge is 2.47. The first-order chi connectivity index (χ1) is 18.8. The van der Waals surface area contributed by atoms with Gasteiger partial charge in [0, 0.05) is 6.61 Å². The molecule has 4 rings (SSSR count). The normalized spacial score (nSPS) is 13.1. The highest BCUT2D eigenvalue weighted by molar-refractivity contribution is 5.52. The summed E-state index contributed by atoms with van der Waals surface area (Å²) >= 11 is 0. The fourth-order valence-electron chi connectivity index (χ4n) is 5.12. The van der Waals surface area contributed by atoms with E-state index < -0.39 is 17.6 Å². The predicted molar refractivity (Wildman–Crippen MR) is 155 cm³/mol. The van der Waals surface area contributed by atoms with E-state index in [1.807, 2.05) is 91.0 Å². The highest BCUT2D eigenvalue weighted by Crippen LogP contribution is 2.43. The molecule has 3 nitrogen and oxygen atoms in total. The Bertz CT molecular complexity index is 1100. The van der Waals surface area contributed by atoms with Gasteiger partial charge in [-0.15, -0.1) is 6.58 Å². The van der Waals surface area contributed by atoms with Crippen LogP contribution in [0.1, 0.15) is 41.5 Å². The van der Waals surface area contributed by atoms with Crippen LogP contribution in [0.2, 0.25) is 0 Å². The lowest BCUT2D eigenvalue weighted by Crippen LogP contribution is -2.51. The van der Waals surface area contributed by atoms with Crippen molar-refractivity contribution in [3.63, 3.8) is 0 Å². The predicted octanol–water partition coefficient (Wildman–Crippen LogP) is 7.34. The van der Waals surface area contributed by atoms with Gasteiger partial charge in [0.1, 0.15) is 12.2 Å². The molecule has 3 heteroatoms. The van der Waals surface area contributed by atoms with Crippen molar-refractivity contribution in [1.29, 1.82) is 0 Å². The smallest absolute Gasteiger partial charge is 0.108 e. The molecule has 0 spiro atoms. The third-order valence-electron chi connectivity index (χ3n) is 7.01. The Morgan fingerprint density at radius 1 is 0.684 bits per heavy atom. The quantitative estimate of drug-likeness (QED) is 0.104. The fraction of sp³-hybridized carbons (Fsp3) is 0.257. The molecule has 2 atom stereocenters. The molecule has 1 N–H and O–H groups in total. The molecule has 0 aromatic heterocycles. The minimum atomic E-state index is -0.912. The van der Waals surface area contributed by atoms with E-state index in [-0.39, 0.29) is 6.61 Å². The summed E-state index contributed by atoms with van der Waals surface area (Å²) in [7, 11) is 0. The molecular weight excluding hydrogens is 468 g/mol. The maximum atomic E-state index is 12.5. The Morgan fingerprint density at radius 3 is 1.63 bits per heavy atom. The first kappa shape index (κ1) is 27.5. The van der Waals surface area contributed by atoms with Gasteiger partial charge < -0.3 is 14.6 Å². The average molecular weight is 507 g/mol. The van der Waals surface area contributed by atoms with Gasteiger partial charge in [-0.2, -0.15) is 0 Å². The van der Waals surface area contributed by atoms with Crippen molar-refractivity contribution in [3.05, 3.63) is 156 Å². The zero-order chi connectivity index (χ0) is 26.5. The SMILES string of the molecule is C=CCCCCO[C@@H](COCc1ccccc1)C(O)C(c1ccccc1)(c1ccccc1)c1ccccc1. The second-order valence-electron chi connectivity index (χ2n) is 9.55. The van der Waals surface area contributed by atoms with Crippen LogP contribution in [-0.2, 0) is 21.5 Å². The van der Waals surface area contributed by atoms with Gasteiger partial charge in [-0.3, -0.25) is 0 Å². The maximum Gasteiger partial charge on any atom is 0.108 e. The minimum absolute atomic E-state index is 0.270. The van der Waals surface area contributed by atoms with E-state index in [1.165, 1.54) is 0 Å². The summed E-state index contributed by atoms with van der Waals surface area (Å²) < 4.78 is 12.6. The van der Waals surface area contributed by atoms with Crippen LogP contribution in [0.25, 0.3) is 0 Å². The first-order valence-electron chi connectivity index (χ1n) is 13.5. The van der Waals surface area contributed by atoms with Crippen LogP contribution >= 0.6 is 0 Å². The lowest BCUT2D eigenvalue weighted by atomic mass is 9.64. The molecule has 38 heavy (non-hydrogen) atoms. The molecule has 0 radical (unpaired) electrons. The number of rotatable bonds is 15. The summed E-state index contributed by atoms with van der Waals surface area (Å²) in [5.41, 5.74) is 3.26. The average Bonchev–Trinajstić information content (AvgIpc) is 2.99. The zero-order valence-electron chi connectivity index (χ0n) is 22.0. The van der Waals surface area contributed by atoms with Gasteiger partial charge in [0.25, 0.3) is 0 Å². The van der Waals surface area contributed by atoms with Gasteiger partial charge in [-0.1, -0.05) is 127 Å². The lowest BCUT2D eigenvalue weighted by Gasteiger charge is -2.43. The number of hydrogen-bond acceptors (Lipinski definition) is 3. The maximum absolute atomic E-state index is 12.5. The third kappa shape index (κ3) is 6.68. The van der Waals surface area contributed by atoms with Crippen molar-refractivity contribution in [3.8, 4) is 0 Å². The monoisotopic (exact) mass is 506 g/mol. The summed E-state index contributed by atoms with van der Waals surface area (Å²) in [6, 6.07) is 40.8. The van der Waals surface area contributed by atoms with Crippen molar-refractivity contribution >= 4 is 0 Å². The molecule has 0 aliphatic carbocycles. The van der Waals surface area contributed by atoms with E-state index in [0.717, 1.165) is 41.5 Å². The Balaban J connectivity index is 1.73. The molecule has 4 aromatic rings. The van der Waals surface area contributed by atoms with Crippen LogP contribution in [-0.4, -0.2) is 30.5 Å². The van der Waals surface area contributed by atoms with Gasteiger partial charge in [0.2, 0.25) is 0 Å². The van der Waals surface area contributed by atoms with Gasteiger partial charge in [-0.05, 0) is 41.5 Å². The second-order valence-corrected chi connectivity index (χ2v) is 9.55. The Labute approximate surface area is 227 Å². The minimum Gasteiger partial charge on any atom is -0.389 e. The summed E-state index contributed by atoms with van der Waals surface area (Å²) in [6.45, 7) is 5.09. The Hall–Kier alpha value is -3.50. The van der Waals surface area contributed by atoms with Crippen molar-refractivity contribution in [2.24, 2.45) is 0 Å². The van der Waals surface area contributed by atoms with Gasteiger partial charge in [0.05, 0.1) is 18.6 Å². The number of benzene rings is 4. The number of unbranched alkanes of at least 4 members (excludes halogenated alkanes) is 2. The van der Waals surface area contributed by atoms with E-state index in [0.29, 0.717) is 13.2 Å². The zero-order valence-corrected chi connectivity index (χ0v) is 22.0. The largest absolute Gasteiger partial charge is 0.389 e. The van der Waals surface area contributed by atoms with Crippen molar-refractivity contribution < 1.29 is 14.6 Å². The number of aliphatic hydroxyl groups is 1. The number of aliphatic hydroxyl groups excluding tert-OH is 1. The van der Waals surface area contributed by atoms with E-state index in [9.17, 15) is 5.11 Å². The summed E-state index contributed by atoms with van der Waals surface area (Å²) in [5, 5.41) is 12.5. The molecular formula is C35H38O3. The molecule has 4 aromatic carbocycles. The first-order valence-corrected chi connectivity index (χ1v) is 13.5. The van der Waals surface area contributed by atoms with Crippen LogP contribution in [0.4, 0.5) is 0 Å². The van der Waals surface area contributed by atoms with Crippen molar-refractivity contribution in [1.82, 2.24) is 0 Å². The van der Waals surface area contributed by atoms with E-state index in [1.54, 1.807) is 0 Å².